The largest absolute Gasteiger partial charge is 0.352 e. The molecular formula is C27H31N3O4S. The van der Waals surface area contributed by atoms with Crippen LogP contribution in [0.4, 0.5) is 11.4 Å². The van der Waals surface area contributed by atoms with Gasteiger partial charge in [-0.15, -0.1) is 0 Å². The Morgan fingerprint density at radius 1 is 0.886 bits per heavy atom. The minimum Gasteiger partial charge on any atom is -0.352 e. The van der Waals surface area contributed by atoms with Crippen molar-refractivity contribution in [3.05, 3.63) is 95.6 Å². The van der Waals surface area contributed by atoms with Crippen LogP contribution >= 0.6 is 0 Å². The van der Waals surface area contributed by atoms with E-state index in [1.165, 1.54) is 0 Å². The quantitative estimate of drug-likeness (QED) is 0.443. The summed E-state index contributed by atoms with van der Waals surface area (Å²) in [7, 11) is -3.71. The Hall–Kier alpha value is -3.65. The van der Waals surface area contributed by atoms with Crippen molar-refractivity contribution in [3.63, 3.8) is 0 Å². The van der Waals surface area contributed by atoms with Crippen LogP contribution in [0.25, 0.3) is 0 Å². The maximum Gasteiger partial charge on any atom is 0.253 e. The van der Waals surface area contributed by atoms with Gasteiger partial charge in [0.1, 0.15) is 6.54 Å². The number of para-hydroxylation sites is 1. The van der Waals surface area contributed by atoms with Crippen molar-refractivity contribution < 1.29 is 18.0 Å². The first-order valence-corrected chi connectivity index (χ1v) is 13.3. The normalized spacial score (nSPS) is 11.2. The second-order valence-electron chi connectivity index (χ2n) is 8.60. The van der Waals surface area contributed by atoms with Crippen molar-refractivity contribution in [1.82, 2.24) is 5.32 Å². The first-order chi connectivity index (χ1) is 16.6. The first-order valence-electron chi connectivity index (χ1n) is 11.4. The molecule has 0 aliphatic rings. The number of hydrogen-bond donors (Lipinski definition) is 2. The molecule has 35 heavy (non-hydrogen) atoms. The lowest BCUT2D eigenvalue weighted by Gasteiger charge is -2.22. The summed E-state index contributed by atoms with van der Waals surface area (Å²) >= 11 is 0. The minimum atomic E-state index is -3.71. The molecule has 2 N–H and O–H groups in total. The van der Waals surface area contributed by atoms with E-state index in [4.69, 9.17) is 0 Å². The van der Waals surface area contributed by atoms with Gasteiger partial charge in [-0.3, -0.25) is 13.9 Å². The lowest BCUT2D eigenvalue weighted by atomic mass is 10.0. The van der Waals surface area contributed by atoms with Crippen molar-refractivity contribution >= 4 is 33.2 Å². The van der Waals surface area contributed by atoms with Crippen LogP contribution in [0.5, 0.6) is 0 Å². The van der Waals surface area contributed by atoms with Gasteiger partial charge in [-0.05, 0) is 47.7 Å². The number of hydrogen-bond acceptors (Lipinski definition) is 4. The number of carbonyl (C=O) groups is 2. The highest BCUT2D eigenvalue weighted by molar-refractivity contribution is 7.92. The number of nitrogens with one attached hydrogen (secondary N) is 2. The van der Waals surface area contributed by atoms with Gasteiger partial charge in [-0.2, -0.15) is 0 Å². The molecule has 0 bridgehead atoms. The van der Waals surface area contributed by atoms with Crippen LogP contribution in [-0.4, -0.2) is 39.6 Å². The maximum atomic E-state index is 12.8. The summed E-state index contributed by atoms with van der Waals surface area (Å²) in [5, 5.41) is 5.57. The van der Waals surface area contributed by atoms with Gasteiger partial charge in [-0.25, -0.2) is 8.42 Å². The third-order valence-electron chi connectivity index (χ3n) is 5.52. The Labute approximate surface area is 207 Å². The predicted octanol–water partition coefficient (Wildman–Crippen LogP) is 4.19. The zero-order chi connectivity index (χ0) is 25.4. The van der Waals surface area contributed by atoms with E-state index in [2.05, 4.69) is 10.6 Å². The van der Waals surface area contributed by atoms with Gasteiger partial charge in [0.05, 0.1) is 23.2 Å². The summed E-state index contributed by atoms with van der Waals surface area (Å²) in [6, 6.07) is 23.5. The summed E-state index contributed by atoms with van der Waals surface area (Å²) in [6.07, 6.45) is 1.74. The molecule has 2 amide bonds. The molecule has 0 aliphatic heterocycles. The second-order valence-corrected chi connectivity index (χ2v) is 10.5. The summed E-state index contributed by atoms with van der Waals surface area (Å²) in [6.45, 7) is 4.13. The molecule has 0 saturated heterocycles. The van der Waals surface area contributed by atoms with Gasteiger partial charge in [-0.1, -0.05) is 68.4 Å². The molecule has 0 aromatic heterocycles. The number of sulfonamides is 1. The number of anilines is 2. The van der Waals surface area contributed by atoms with E-state index in [1.54, 1.807) is 36.4 Å². The Morgan fingerprint density at radius 3 is 2.14 bits per heavy atom. The van der Waals surface area contributed by atoms with Gasteiger partial charge < -0.3 is 10.6 Å². The smallest absolute Gasteiger partial charge is 0.253 e. The standard InChI is InChI=1S/C27H31N3O4S/c1-20(2)22-13-15-23(16-14-22)30(35(3,33)34)19-26(31)29-25-12-8-7-11-24(25)27(32)28-18-17-21-9-5-4-6-10-21/h4-16,20H,17-19H2,1-3H3,(H,28,32)(H,29,31). The van der Waals surface area contributed by atoms with Crippen LogP contribution in [0.15, 0.2) is 78.9 Å². The molecule has 7 nitrogen and oxygen atoms in total. The van der Waals surface area contributed by atoms with Crippen molar-refractivity contribution in [1.29, 1.82) is 0 Å². The molecule has 0 spiro atoms. The van der Waals surface area contributed by atoms with Crippen LogP contribution in [-0.2, 0) is 21.2 Å². The average Bonchev–Trinajstić information content (AvgIpc) is 2.83. The molecule has 0 heterocycles. The monoisotopic (exact) mass is 493 g/mol. The zero-order valence-corrected chi connectivity index (χ0v) is 21.0. The summed E-state index contributed by atoms with van der Waals surface area (Å²) in [4.78, 5) is 25.6. The first kappa shape index (κ1) is 26.0. The predicted molar refractivity (Wildman–Crippen MR) is 140 cm³/mol. The van der Waals surface area contributed by atoms with Crippen molar-refractivity contribution in [2.24, 2.45) is 0 Å². The molecule has 0 aliphatic carbocycles. The topological polar surface area (TPSA) is 95.6 Å². The van der Waals surface area contributed by atoms with Crippen LogP contribution in [0.2, 0.25) is 0 Å². The van der Waals surface area contributed by atoms with Gasteiger partial charge in [0, 0.05) is 6.54 Å². The highest BCUT2D eigenvalue weighted by Crippen LogP contribution is 2.22. The Bertz CT molecular complexity index is 1260. The molecular weight excluding hydrogens is 462 g/mol. The number of rotatable bonds is 10. The molecule has 3 rings (SSSR count). The molecule has 8 heteroatoms. The van der Waals surface area contributed by atoms with E-state index in [0.717, 1.165) is 21.7 Å². The molecule has 0 radical (unpaired) electrons. The Kier molecular flexibility index (Phi) is 8.65. The number of nitrogens with zero attached hydrogens (tertiary/aromatic N) is 1. The van der Waals surface area contributed by atoms with E-state index in [1.807, 2.05) is 56.3 Å². The maximum absolute atomic E-state index is 12.8. The van der Waals surface area contributed by atoms with Crippen LogP contribution in [0.1, 0.15) is 41.3 Å². The van der Waals surface area contributed by atoms with Crippen LogP contribution in [0, 0.1) is 0 Å². The van der Waals surface area contributed by atoms with Crippen molar-refractivity contribution in [2.75, 3.05) is 29.0 Å². The number of amides is 2. The van der Waals surface area contributed by atoms with Gasteiger partial charge >= 0.3 is 0 Å². The Morgan fingerprint density at radius 2 is 1.51 bits per heavy atom. The molecule has 0 atom stereocenters. The fraction of sp³-hybridized carbons (Fsp3) is 0.259. The van der Waals surface area contributed by atoms with E-state index >= 15 is 0 Å². The fourth-order valence-electron chi connectivity index (χ4n) is 3.60. The summed E-state index contributed by atoms with van der Waals surface area (Å²) in [5.41, 5.74) is 3.20. The average molecular weight is 494 g/mol. The third-order valence-corrected chi connectivity index (χ3v) is 6.66. The number of benzene rings is 3. The minimum absolute atomic E-state index is 0.300. The fourth-order valence-corrected chi connectivity index (χ4v) is 4.45. The van der Waals surface area contributed by atoms with E-state index < -0.39 is 22.5 Å². The molecule has 184 valence electrons. The highest BCUT2D eigenvalue weighted by atomic mass is 32.2. The molecule has 0 fully saturated rings. The van der Waals surface area contributed by atoms with Crippen LogP contribution in [0.3, 0.4) is 0 Å². The van der Waals surface area contributed by atoms with Crippen LogP contribution < -0.4 is 14.9 Å². The molecule has 0 unspecified atom stereocenters. The molecule has 3 aromatic rings. The SMILES string of the molecule is CC(C)c1ccc(N(CC(=O)Nc2ccccc2C(=O)NCCc2ccccc2)S(C)(=O)=O)cc1. The van der Waals surface area contributed by atoms with Gasteiger partial charge in [0.25, 0.3) is 5.91 Å². The Balaban J connectivity index is 1.69. The molecule has 0 saturated carbocycles. The van der Waals surface area contributed by atoms with Crippen molar-refractivity contribution in [2.45, 2.75) is 26.2 Å². The lowest BCUT2D eigenvalue weighted by Crippen LogP contribution is -2.37. The van der Waals surface area contributed by atoms with E-state index in [9.17, 15) is 18.0 Å². The number of carbonyl (C=O) groups excluding carboxylic acids is 2. The van der Waals surface area contributed by atoms with E-state index in [0.29, 0.717) is 35.8 Å². The van der Waals surface area contributed by atoms with E-state index in [-0.39, 0.29) is 5.91 Å². The second kappa shape index (κ2) is 11.7. The molecule has 3 aromatic carbocycles. The van der Waals surface area contributed by atoms with Gasteiger partial charge in [0.15, 0.2) is 0 Å². The summed E-state index contributed by atoms with van der Waals surface area (Å²) in [5.74, 6) is -0.566. The third kappa shape index (κ3) is 7.42. The zero-order valence-electron chi connectivity index (χ0n) is 20.2. The summed E-state index contributed by atoms with van der Waals surface area (Å²) < 4.78 is 25.9. The van der Waals surface area contributed by atoms with Gasteiger partial charge in [0.2, 0.25) is 15.9 Å². The van der Waals surface area contributed by atoms with Crippen molar-refractivity contribution in [3.8, 4) is 0 Å². The lowest BCUT2D eigenvalue weighted by molar-refractivity contribution is -0.114. The highest BCUT2D eigenvalue weighted by Gasteiger charge is 2.22.